The highest BCUT2D eigenvalue weighted by molar-refractivity contribution is 7.86. The fourth-order valence-corrected chi connectivity index (χ4v) is 5.31. The normalized spacial score (nSPS) is 15.1. The second-order valence-electron chi connectivity index (χ2n) is 8.08. The molecule has 1 fully saturated rings. The summed E-state index contributed by atoms with van der Waals surface area (Å²) in [7, 11) is -9.23. The first-order chi connectivity index (χ1) is 13.4. The van der Waals surface area contributed by atoms with E-state index in [-0.39, 0.29) is 15.7 Å². The first-order valence-corrected chi connectivity index (χ1v) is 12.4. The lowest BCUT2D eigenvalue weighted by molar-refractivity contribution is 0.435. The van der Waals surface area contributed by atoms with Crippen LogP contribution in [0.2, 0.25) is 0 Å². The number of benzene rings is 2. The maximum atomic E-state index is 11.7. The molecule has 158 valence electrons. The van der Waals surface area contributed by atoms with Gasteiger partial charge in [0.05, 0.1) is 9.79 Å². The Hall–Kier alpha value is -1.74. The molecule has 2 aromatic rings. The first-order valence-electron chi connectivity index (χ1n) is 9.54. The Morgan fingerprint density at radius 1 is 0.828 bits per heavy atom. The van der Waals surface area contributed by atoms with Crippen LogP contribution in [0.5, 0.6) is 0 Å². The van der Waals surface area contributed by atoms with Gasteiger partial charge in [0.25, 0.3) is 0 Å². The van der Waals surface area contributed by atoms with Crippen LogP contribution < -0.4 is 0 Å². The average Bonchev–Trinajstić information content (AvgIpc) is 3.36. The van der Waals surface area contributed by atoms with Crippen LogP contribution >= 0.6 is 0 Å². The van der Waals surface area contributed by atoms with Crippen molar-refractivity contribution in [1.29, 1.82) is 0 Å². The lowest BCUT2D eigenvalue weighted by Crippen LogP contribution is -2.15. The molecule has 0 atom stereocenters. The minimum Gasteiger partial charge on any atom is -0.744 e. The predicted octanol–water partition coefficient (Wildman–Crippen LogP) is 3.31. The Morgan fingerprint density at radius 2 is 1.24 bits per heavy atom. The van der Waals surface area contributed by atoms with Crippen LogP contribution in [0.25, 0.3) is 0 Å². The molecule has 0 aliphatic heterocycles. The maximum Gasteiger partial charge on any atom is 0.124 e. The minimum absolute atomic E-state index is 0.0768. The van der Waals surface area contributed by atoms with E-state index in [1.165, 1.54) is 12.1 Å². The standard InChI is InChI=1S/C21H26O6S2/c1-14-3-7-20(28(22,23)24)18(9-14)12-17(11-16-5-6-16)13-19-10-15(2)4-8-21(19)29(25,26)27/h3-4,7-10,16-17H,5-6,11-13H2,1-2H3,(H,22,23,24)(H,25,26,27)/p-2. The van der Waals surface area contributed by atoms with Gasteiger partial charge in [-0.2, -0.15) is 0 Å². The monoisotopic (exact) mass is 436 g/mol. The van der Waals surface area contributed by atoms with Crippen LogP contribution in [-0.4, -0.2) is 25.9 Å². The molecule has 1 aliphatic carbocycles. The van der Waals surface area contributed by atoms with Crippen LogP contribution in [0, 0.1) is 25.7 Å². The van der Waals surface area contributed by atoms with Crippen molar-refractivity contribution < 1.29 is 25.9 Å². The second kappa shape index (κ2) is 8.18. The van der Waals surface area contributed by atoms with Crippen molar-refractivity contribution in [3.05, 3.63) is 58.7 Å². The smallest absolute Gasteiger partial charge is 0.124 e. The molecule has 0 saturated heterocycles. The highest BCUT2D eigenvalue weighted by Crippen LogP contribution is 2.38. The molecular weight excluding hydrogens is 412 g/mol. The molecule has 1 aliphatic rings. The van der Waals surface area contributed by atoms with Crippen LogP contribution in [-0.2, 0) is 33.1 Å². The first kappa shape index (κ1) is 22.0. The van der Waals surface area contributed by atoms with Gasteiger partial charge < -0.3 is 9.11 Å². The van der Waals surface area contributed by atoms with Crippen LogP contribution in [0.15, 0.2) is 46.2 Å². The molecule has 2 aromatic carbocycles. The van der Waals surface area contributed by atoms with Gasteiger partial charge in [-0.25, -0.2) is 16.8 Å². The van der Waals surface area contributed by atoms with Gasteiger partial charge in [0.2, 0.25) is 0 Å². The SMILES string of the molecule is Cc1ccc(S(=O)(=O)[O-])c(CC(Cc2cc(C)ccc2S(=O)(=O)[O-])CC2CC2)c1. The summed E-state index contributed by atoms with van der Waals surface area (Å²) in [6, 6.07) is 9.25. The second-order valence-corrected chi connectivity index (χ2v) is 10.8. The van der Waals surface area contributed by atoms with Gasteiger partial charge in [0.1, 0.15) is 20.2 Å². The average molecular weight is 437 g/mol. The van der Waals surface area contributed by atoms with Gasteiger partial charge >= 0.3 is 0 Å². The van der Waals surface area contributed by atoms with Crippen molar-refractivity contribution in [2.24, 2.45) is 11.8 Å². The Morgan fingerprint density at radius 3 is 1.59 bits per heavy atom. The van der Waals surface area contributed by atoms with Crippen molar-refractivity contribution in [2.45, 2.75) is 55.7 Å². The zero-order chi connectivity index (χ0) is 21.4. The molecule has 0 spiro atoms. The minimum atomic E-state index is -4.62. The summed E-state index contributed by atoms with van der Waals surface area (Å²) >= 11 is 0. The van der Waals surface area contributed by atoms with Gasteiger partial charge in [-0.3, -0.25) is 0 Å². The van der Waals surface area contributed by atoms with Gasteiger partial charge in [0.15, 0.2) is 0 Å². The van der Waals surface area contributed by atoms with E-state index in [0.717, 1.165) is 30.4 Å². The van der Waals surface area contributed by atoms with E-state index < -0.39 is 20.2 Å². The van der Waals surface area contributed by atoms with E-state index >= 15 is 0 Å². The van der Waals surface area contributed by atoms with Crippen molar-refractivity contribution in [3.8, 4) is 0 Å². The van der Waals surface area contributed by atoms with Crippen LogP contribution in [0.3, 0.4) is 0 Å². The topological polar surface area (TPSA) is 114 Å². The van der Waals surface area contributed by atoms with E-state index in [0.29, 0.717) is 29.9 Å². The number of aryl methyl sites for hydroxylation is 2. The zero-order valence-corrected chi connectivity index (χ0v) is 18.1. The summed E-state index contributed by atoms with van der Waals surface area (Å²) in [6.45, 7) is 3.65. The third-order valence-corrected chi connectivity index (χ3v) is 7.23. The van der Waals surface area contributed by atoms with Crippen LogP contribution in [0.4, 0.5) is 0 Å². The van der Waals surface area contributed by atoms with Crippen molar-refractivity contribution >= 4 is 20.2 Å². The number of hydrogen-bond donors (Lipinski definition) is 0. The summed E-state index contributed by atoms with van der Waals surface area (Å²) < 4.78 is 70.2. The third-order valence-electron chi connectivity index (χ3n) is 5.35. The Kier molecular flexibility index (Phi) is 6.19. The third kappa shape index (κ3) is 5.88. The largest absolute Gasteiger partial charge is 0.744 e. The molecule has 1 saturated carbocycles. The summed E-state index contributed by atoms with van der Waals surface area (Å²) in [5, 5.41) is 0. The van der Waals surface area contributed by atoms with Gasteiger partial charge in [0, 0.05) is 0 Å². The highest BCUT2D eigenvalue weighted by atomic mass is 32.2. The van der Waals surface area contributed by atoms with E-state index in [4.69, 9.17) is 0 Å². The lowest BCUT2D eigenvalue weighted by atomic mass is 9.87. The fourth-order valence-electron chi connectivity index (χ4n) is 3.91. The van der Waals surface area contributed by atoms with Crippen molar-refractivity contribution in [1.82, 2.24) is 0 Å². The van der Waals surface area contributed by atoms with Crippen molar-refractivity contribution in [3.63, 3.8) is 0 Å². The predicted molar refractivity (Wildman–Crippen MR) is 107 cm³/mol. The molecule has 0 heterocycles. The van der Waals surface area contributed by atoms with Crippen molar-refractivity contribution in [2.75, 3.05) is 0 Å². The molecule has 0 amide bonds. The molecule has 0 bridgehead atoms. The zero-order valence-electron chi connectivity index (χ0n) is 16.4. The Labute approximate surface area is 172 Å². The lowest BCUT2D eigenvalue weighted by Gasteiger charge is -2.22. The summed E-state index contributed by atoms with van der Waals surface area (Å²) in [5.74, 6) is 0.432. The van der Waals surface area contributed by atoms with E-state index in [1.807, 2.05) is 13.8 Å². The Balaban J connectivity index is 1.98. The number of rotatable bonds is 8. The highest BCUT2D eigenvalue weighted by Gasteiger charge is 2.27. The molecule has 0 aromatic heterocycles. The van der Waals surface area contributed by atoms with E-state index in [2.05, 4.69) is 0 Å². The van der Waals surface area contributed by atoms with E-state index in [9.17, 15) is 25.9 Å². The molecule has 6 nitrogen and oxygen atoms in total. The van der Waals surface area contributed by atoms with Gasteiger partial charge in [-0.15, -0.1) is 0 Å². The molecule has 0 N–H and O–H groups in total. The molecule has 8 heteroatoms. The summed E-state index contributed by atoms with van der Waals surface area (Å²) in [6.07, 6.45) is 3.62. The summed E-state index contributed by atoms with van der Waals surface area (Å²) in [4.78, 5) is -0.463. The van der Waals surface area contributed by atoms with Crippen LogP contribution in [0.1, 0.15) is 41.5 Å². The van der Waals surface area contributed by atoms with Gasteiger partial charge in [-0.05, 0) is 68.2 Å². The van der Waals surface area contributed by atoms with Gasteiger partial charge in [-0.1, -0.05) is 48.2 Å². The molecule has 0 unspecified atom stereocenters. The molecule has 3 rings (SSSR count). The molecule has 0 radical (unpaired) electrons. The fraction of sp³-hybridized carbons (Fsp3) is 0.429. The molecular formula is C21H24O6S2-2. The quantitative estimate of drug-likeness (QED) is 0.586. The van der Waals surface area contributed by atoms with E-state index in [1.54, 1.807) is 24.3 Å². The summed E-state index contributed by atoms with van der Waals surface area (Å²) in [5.41, 5.74) is 2.58. The maximum absolute atomic E-state index is 11.7. The molecule has 29 heavy (non-hydrogen) atoms. The number of hydrogen-bond acceptors (Lipinski definition) is 6. The Bertz CT molecular complexity index is 1030.